The van der Waals surface area contributed by atoms with E-state index < -0.39 is 0 Å². The zero-order valence-corrected chi connectivity index (χ0v) is 12.4. The fourth-order valence-electron chi connectivity index (χ4n) is 1.56. The topological polar surface area (TPSA) is 26.3 Å². The zero-order valence-electron chi connectivity index (χ0n) is 10.8. The van der Waals surface area contributed by atoms with Gasteiger partial charge in [0.2, 0.25) is 0 Å². The van der Waals surface area contributed by atoms with E-state index in [4.69, 9.17) is 4.74 Å². The van der Waals surface area contributed by atoms with Gasteiger partial charge >= 0.3 is 5.97 Å². The fourth-order valence-corrected chi connectivity index (χ4v) is 2.15. The maximum atomic E-state index is 11.6. The van der Waals surface area contributed by atoms with E-state index in [1.54, 1.807) is 0 Å². The van der Waals surface area contributed by atoms with Crippen molar-refractivity contribution in [2.45, 2.75) is 64.1 Å². The zero-order chi connectivity index (χ0) is 12.4. The number of carbonyl (C=O) groups is 1. The van der Waals surface area contributed by atoms with Crippen molar-refractivity contribution in [3.63, 3.8) is 0 Å². The Labute approximate surface area is 108 Å². The molecule has 3 heteroatoms. The molecule has 0 saturated heterocycles. The van der Waals surface area contributed by atoms with Gasteiger partial charge in [0.1, 0.15) is 4.83 Å². The molecule has 0 radical (unpaired) electrons. The number of esters is 1. The second kappa shape index (κ2) is 10.1. The Morgan fingerprint density at radius 2 is 1.88 bits per heavy atom. The molecule has 0 N–H and O–H groups in total. The predicted molar refractivity (Wildman–Crippen MR) is 71.9 cm³/mol. The Balaban J connectivity index is 3.78. The highest BCUT2D eigenvalue weighted by molar-refractivity contribution is 9.10. The van der Waals surface area contributed by atoms with Crippen molar-refractivity contribution < 1.29 is 9.53 Å². The van der Waals surface area contributed by atoms with Crippen LogP contribution in [0.5, 0.6) is 0 Å². The average molecular weight is 293 g/mol. The van der Waals surface area contributed by atoms with Gasteiger partial charge in [-0.05, 0) is 18.8 Å². The lowest BCUT2D eigenvalue weighted by atomic mass is 10.0. The van der Waals surface area contributed by atoms with Crippen molar-refractivity contribution in [3.8, 4) is 0 Å². The number of ether oxygens (including phenoxy) is 1. The molecule has 0 saturated carbocycles. The number of alkyl halides is 1. The molecule has 0 amide bonds. The molecule has 2 unspecified atom stereocenters. The minimum absolute atomic E-state index is 0.100. The van der Waals surface area contributed by atoms with Crippen LogP contribution in [0.25, 0.3) is 0 Å². The second-order valence-corrected chi connectivity index (χ2v) is 5.41. The first kappa shape index (κ1) is 16.0. The second-order valence-electron chi connectivity index (χ2n) is 4.30. The first-order valence-electron chi connectivity index (χ1n) is 6.46. The van der Waals surface area contributed by atoms with E-state index in [-0.39, 0.29) is 10.8 Å². The molecular weight excluding hydrogens is 268 g/mol. The summed E-state index contributed by atoms with van der Waals surface area (Å²) in [6.07, 6.45) is 6.54. The summed E-state index contributed by atoms with van der Waals surface area (Å²) in [4.78, 5) is 11.4. The summed E-state index contributed by atoms with van der Waals surface area (Å²) in [7, 11) is 0. The highest BCUT2D eigenvalue weighted by Crippen LogP contribution is 2.15. The summed E-state index contributed by atoms with van der Waals surface area (Å²) in [6.45, 7) is 7.00. The summed E-state index contributed by atoms with van der Waals surface area (Å²) in [5.74, 6) is 0.432. The molecule has 0 aromatic heterocycles. The molecule has 2 atom stereocenters. The monoisotopic (exact) mass is 292 g/mol. The van der Waals surface area contributed by atoms with E-state index in [0.29, 0.717) is 12.5 Å². The molecular formula is C13H25BrO2. The van der Waals surface area contributed by atoms with Gasteiger partial charge < -0.3 is 4.74 Å². The summed E-state index contributed by atoms with van der Waals surface area (Å²) < 4.78 is 5.32. The Kier molecular flexibility index (Phi) is 10.1. The maximum absolute atomic E-state index is 11.6. The number of carbonyl (C=O) groups excluding carboxylic acids is 1. The summed E-state index contributed by atoms with van der Waals surface area (Å²) in [5.41, 5.74) is 0. The SMILES string of the molecule is CCCCC(CC)COC(=O)C(Br)CCC. The van der Waals surface area contributed by atoms with Crippen LogP contribution in [0, 0.1) is 5.92 Å². The molecule has 0 bridgehead atoms. The van der Waals surface area contributed by atoms with Gasteiger partial charge in [0.25, 0.3) is 0 Å². The fraction of sp³-hybridized carbons (Fsp3) is 0.923. The average Bonchev–Trinajstić information content (AvgIpc) is 2.29. The van der Waals surface area contributed by atoms with Crippen LogP contribution in [0.15, 0.2) is 0 Å². The van der Waals surface area contributed by atoms with Gasteiger partial charge in [-0.25, -0.2) is 0 Å². The first-order chi connectivity index (χ1) is 7.65. The van der Waals surface area contributed by atoms with Crippen LogP contribution >= 0.6 is 15.9 Å². The molecule has 0 spiro atoms. The van der Waals surface area contributed by atoms with Crippen molar-refractivity contribution >= 4 is 21.9 Å². The van der Waals surface area contributed by atoms with E-state index in [0.717, 1.165) is 19.3 Å². The van der Waals surface area contributed by atoms with E-state index in [9.17, 15) is 4.79 Å². The van der Waals surface area contributed by atoms with Gasteiger partial charge in [0.05, 0.1) is 6.61 Å². The normalized spacial score (nSPS) is 14.5. The quantitative estimate of drug-likeness (QED) is 0.468. The largest absolute Gasteiger partial charge is 0.465 e. The van der Waals surface area contributed by atoms with E-state index in [1.165, 1.54) is 19.3 Å². The van der Waals surface area contributed by atoms with Crippen LogP contribution in [0.3, 0.4) is 0 Å². The Morgan fingerprint density at radius 3 is 2.38 bits per heavy atom. The molecule has 2 nitrogen and oxygen atoms in total. The minimum atomic E-state index is -0.124. The smallest absolute Gasteiger partial charge is 0.319 e. The number of rotatable bonds is 9. The van der Waals surface area contributed by atoms with Crippen LogP contribution in [0.1, 0.15) is 59.3 Å². The van der Waals surface area contributed by atoms with E-state index in [2.05, 4.69) is 36.7 Å². The van der Waals surface area contributed by atoms with E-state index >= 15 is 0 Å². The van der Waals surface area contributed by atoms with Crippen LogP contribution in [0.2, 0.25) is 0 Å². The van der Waals surface area contributed by atoms with Crippen LogP contribution in [-0.4, -0.2) is 17.4 Å². The van der Waals surface area contributed by atoms with Crippen molar-refractivity contribution in [1.82, 2.24) is 0 Å². The third kappa shape index (κ3) is 7.26. The van der Waals surface area contributed by atoms with Gasteiger partial charge in [0, 0.05) is 0 Å². The van der Waals surface area contributed by atoms with Gasteiger partial charge in [-0.1, -0.05) is 62.4 Å². The molecule has 0 heterocycles. The summed E-state index contributed by atoms with van der Waals surface area (Å²) in [6, 6.07) is 0. The lowest BCUT2D eigenvalue weighted by molar-refractivity contribution is -0.144. The third-order valence-electron chi connectivity index (χ3n) is 2.80. The minimum Gasteiger partial charge on any atom is -0.465 e. The highest BCUT2D eigenvalue weighted by Gasteiger charge is 2.16. The van der Waals surface area contributed by atoms with Crippen LogP contribution in [-0.2, 0) is 9.53 Å². The van der Waals surface area contributed by atoms with Crippen LogP contribution in [0.4, 0.5) is 0 Å². The molecule has 0 fully saturated rings. The summed E-state index contributed by atoms with van der Waals surface area (Å²) in [5, 5.41) is 0. The lowest BCUT2D eigenvalue weighted by Gasteiger charge is -2.16. The van der Waals surface area contributed by atoms with Gasteiger partial charge in [-0.3, -0.25) is 4.79 Å². The first-order valence-corrected chi connectivity index (χ1v) is 7.37. The number of unbranched alkanes of at least 4 members (excludes halogenated alkanes) is 1. The van der Waals surface area contributed by atoms with Crippen molar-refractivity contribution in [2.24, 2.45) is 5.92 Å². The molecule has 0 aliphatic rings. The highest BCUT2D eigenvalue weighted by atomic mass is 79.9. The number of hydrogen-bond donors (Lipinski definition) is 0. The van der Waals surface area contributed by atoms with Gasteiger partial charge in [0.15, 0.2) is 0 Å². The standard InChI is InChI=1S/C13H25BrO2/c1-4-7-9-11(6-3)10-16-13(15)12(14)8-5-2/h11-12H,4-10H2,1-3H3. The lowest BCUT2D eigenvalue weighted by Crippen LogP contribution is -2.21. The van der Waals surface area contributed by atoms with Crippen molar-refractivity contribution in [2.75, 3.05) is 6.61 Å². The van der Waals surface area contributed by atoms with Crippen molar-refractivity contribution in [3.05, 3.63) is 0 Å². The van der Waals surface area contributed by atoms with Gasteiger partial charge in [-0.2, -0.15) is 0 Å². The Bertz CT molecular complexity index is 183. The Morgan fingerprint density at radius 1 is 1.19 bits per heavy atom. The molecule has 0 aromatic carbocycles. The summed E-state index contributed by atoms with van der Waals surface area (Å²) >= 11 is 3.35. The third-order valence-corrected chi connectivity index (χ3v) is 3.63. The maximum Gasteiger partial charge on any atom is 0.319 e. The Hall–Kier alpha value is -0.0500. The molecule has 0 aliphatic carbocycles. The van der Waals surface area contributed by atoms with Gasteiger partial charge in [-0.15, -0.1) is 0 Å². The van der Waals surface area contributed by atoms with E-state index in [1.807, 2.05) is 0 Å². The number of hydrogen-bond acceptors (Lipinski definition) is 2. The molecule has 0 rings (SSSR count). The number of halogens is 1. The van der Waals surface area contributed by atoms with Crippen molar-refractivity contribution in [1.29, 1.82) is 0 Å². The predicted octanol–water partition coefficient (Wildman–Crippen LogP) is 4.31. The molecule has 16 heavy (non-hydrogen) atoms. The van der Waals surface area contributed by atoms with Crippen LogP contribution < -0.4 is 0 Å². The molecule has 0 aromatic rings. The molecule has 0 aliphatic heterocycles. The molecule has 96 valence electrons.